The zero-order valence-electron chi connectivity index (χ0n) is 6.97. The SMILES string of the molecule is CCCC1CCC[N]CC1. The van der Waals surface area contributed by atoms with Crippen molar-refractivity contribution in [2.45, 2.75) is 39.0 Å². The second kappa shape index (κ2) is 4.73. The Morgan fingerprint density at radius 1 is 1.30 bits per heavy atom. The van der Waals surface area contributed by atoms with Crippen molar-refractivity contribution in [2.75, 3.05) is 13.1 Å². The summed E-state index contributed by atoms with van der Waals surface area (Å²) in [7, 11) is 0. The van der Waals surface area contributed by atoms with E-state index in [0.29, 0.717) is 0 Å². The summed E-state index contributed by atoms with van der Waals surface area (Å²) in [5.74, 6) is 0.997. The molecule has 59 valence electrons. The van der Waals surface area contributed by atoms with Crippen LogP contribution in [-0.4, -0.2) is 13.1 Å². The lowest BCUT2D eigenvalue weighted by molar-refractivity contribution is 0.433. The number of nitrogens with zero attached hydrogens (tertiary/aromatic N) is 1. The Morgan fingerprint density at radius 3 is 3.00 bits per heavy atom. The van der Waals surface area contributed by atoms with E-state index in [9.17, 15) is 0 Å². The summed E-state index contributed by atoms with van der Waals surface area (Å²) < 4.78 is 0. The van der Waals surface area contributed by atoms with E-state index in [1.807, 2.05) is 0 Å². The van der Waals surface area contributed by atoms with Gasteiger partial charge in [0, 0.05) is 13.1 Å². The van der Waals surface area contributed by atoms with E-state index in [-0.39, 0.29) is 0 Å². The van der Waals surface area contributed by atoms with Crippen LogP contribution in [0.2, 0.25) is 0 Å². The van der Waals surface area contributed by atoms with Crippen LogP contribution in [-0.2, 0) is 0 Å². The van der Waals surface area contributed by atoms with Gasteiger partial charge in [-0.15, -0.1) is 0 Å². The average molecular weight is 140 g/mol. The molecule has 0 aliphatic carbocycles. The van der Waals surface area contributed by atoms with Crippen molar-refractivity contribution in [2.24, 2.45) is 5.92 Å². The standard InChI is InChI=1S/C9H18N/c1-2-4-9-5-3-7-10-8-6-9/h9H,2-8H2,1H3. The highest BCUT2D eigenvalue weighted by atomic mass is 14.8. The van der Waals surface area contributed by atoms with Crippen LogP contribution in [0.15, 0.2) is 0 Å². The fourth-order valence-corrected chi connectivity index (χ4v) is 1.72. The summed E-state index contributed by atoms with van der Waals surface area (Å²) in [6, 6.07) is 0. The summed E-state index contributed by atoms with van der Waals surface area (Å²) in [5, 5.41) is 4.40. The molecule has 1 radical (unpaired) electrons. The molecule has 1 atom stereocenters. The van der Waals surface area contributed by atoms with E-state index in [2.05, 4.69) is 12.2 Å². The quantitative estimate of drug-likeness (QED) is 0.558. The van der Waals surface area contributed by atoms with E-state index in [0.717, 1.165) is 19.0 Å². The number of hydrogen-bond acceptors (Lipinski definition) is 0. The molecule has 0 spiro atoms. The third-order valence-corrected chi connectivity index (χ3v) is 2.32. The number of hydrogen-bond donors (Lipinski definition) is 0. The van der Waals surface area contributed by atoms with E-state index in [1.165, 1.54) is 32.1 Å². The Hall–Kier alpha value is -0.0400. The van der Waals surface area contributed by atoms with Crippen LogP contribution < -0.4 is 5.32 Å². The fourth-order valence-electron chi connectivity index (χ4n) is 1.72. The molecule has 0 aromatic heterocycles. The van der Waals surface area contributed by atoms with E-state index in [1.54, 1.807) is 0 Å². The molecule has 1 heteroatoms. The molecule has 1 heterocycles. The predicted octanol–water partition coefficient (Wildman–Crippen LogP) is 2.19. The van der Waals surface area contributed by atoms with Crippen molar-refractivity contribution in [1.82, 2.24) is 5.32 Å². The van der Waals surface area contributed by atoms with Gasteiger partial charge in [0.1, 0.15) is 0 Å². The first kappa shape index (κ1) is 8.06. The molecule has 1 aliphatic heterocycles. The molecule has 0 bridgehead atoms. The second-order valence-corrected chi connectivity index (χ2v) is 3.26. The van der Waals surface area contributed by atoms with Gasteiger partial charge in [0.05, 0.1) is 0 Å². The van der Waals surface area contributed by atoms with Crippen LogP contribution in [0, 0.1) is 5.92 Å². The van der Waals surface area contributed by atoms with Crippen molar-refractivity contribution in [3.8, 4) is 0 Å². The van der Waals surface area contributed by atoms with E-state index < -0.39 is 0 Å². The Balaban J connectivity index is 2.15. The summed E-state index contributed by atoms with van der Waals surface area (Å²) in [6.45, 7) is 4.53. The first-order valence-electron chi connectivity index (χ1n) is 4.56. The molecule has 0 N–H and O–H groups in total. The van der Waals surface area contributed by atoms with Crippen molar-refractivity contribution in [3.63, 3.8) is 0 Å². The third-order valence-electron chi connectivity index (χ3n) is 2.32. The van der Waals surface area contributed by atoms with E-state index in [4.69, 9.17) is 0 Å². The normalized spacial score (nSPS) is 27.9. The van der Waals surface area contributed by atoms with Gasteiger partial charge in [-0.3, -0.25) is 0 Å². The van der Waals surface area contributed by atoms with Crippen molar-refractivity contribution in [1.29, 1.82) is 0 Å². The van der Waals surface area contributed by atoms with Gasteiger partial charge < -0.3 is 0 Å². The summed E-state index contributed by atoms with van der Waals surface area (Å²) in [6.07, 6.45) is 6.90. The highest BCUT2D eigenvalue weighted by Gasteiger charge is 2.10. The molecule has 0 saturated carbocycles. The first-order chi connectivity index (χ1) is 4.93. The molecular formula is C9H18N. The Morgan fingerprint density at radius 2 is 2.20 bits per heavy atom. The van der Waals surface area contributed by atoms with E-state index >= 15 is 0 Å². The second-order valence-electron chi connectivity index (χ2n) is 3.26. The monoisotopic (exact) mass is 140 g/mol. The molecule has 1 rings (SSSR count). The van der Waals surface area contributed by atoms with Crippen LogP contribution >= 0.6 is 0 Å². The zero-order valence-corrected chi connectivity index (χ0v) is 6.97. The van der Waals surface area contributed by atoms with Gasteiger partial charge in [0.15, 0.2) is 0 Å². The smallest absolute Gasteiger partial charge is 0.0136 e. The molecule has 0 aromatic rings. The highest BCUT2D eigenvalue weighted by Crippen LogP contribution is 2.18. The zero-order chi connectivity index (χ0) is 7.23. The van der Waals surface area contributed by atoms with Gasteiger partial charge in [-0.2, -0.15) is 0 Å². The Bertz CT molecular complexity index is 72.8. The lowest BCUT2D eigenvalue weighted by Gasteiger charge is -2.10. The predicted molar refractivity (Wildman–Crippen MR) is 44.1 cm³/mol. The molecule has 0 amide bonds. The lowest BCUT2D eigenvalue weighted by Crippen LogP contribution is -2.05. The third kappa shape index (κ3) is 2.70. The molecule has 1 aliphatic rings. The highest BCUT2D eigenvalue weighted by molar-refractivity contribution is 4.65. The minimum absolute atomic E-state index is 0.997. The Kier molecular flexibility index (Phi) is 3.81. The molecule has 1 nitrogen and oxygen atoms in total. The maximum atomic E-state index is 4.40. The molecule has 10 heavy (non-hydrogen) atoms. The number of rotatable bonds is 2. The van der Waals surface area contributed by atoms with Gasteiger partial charge in [0.25, 0.3) is 0 Å². The molecule has 1 saturated heterocycles. The van der Waals surface area contributed by atoms with Gasteiger partial charge in [-0.25, -0.2) is 5.32 Å². The first-order valence-corrected chi connectivity index (χ1v) is 4.56. The largest absolute Gasteiger partial charge is 0.242 e. The summed E-state index contributed by atoms with van der Waals surface area (Å²) in [5.41, 5.74) is 0. The van der Waals surface area contributed by atoms with Crippen molar-refractivity contribution in [3.05, 3.63) is 0 Å². The fraction of sp³-hybridized carbons (Fsp3) is 1.00. The maximum Gasteiger partial charge on any atom is 0.0136 e. The average Bonchev–Trinajstić information content (AvgIpc) is 2.17. The van der Waals surface area contributed by atoms with Gasteiger partial charge in [0.2, 0.25) is 0 Å². The molecular weight excluding hydrogens is 122 g/mol. The van der Waals surface area contributed by atoms with Crippen LogP contribution in [0.3, 0.4) is 0 Å². The van der Waals surface area contributed by atoms with Crippen molar-refractivity contribution < 1.29 is 0 Å². The maximum absolute atomic E-state index is 4.40. The minimum Gasteiger partial charge on any atom is -0.242 e. The topological polar surface area (TPSA) is 14.1 Å². The van der Waals surface area contributed by atoms with Crippen LogP contribution in [0.4, 0.5) is 0 Å². The summed E-state index contributed by atoms with van der Waals surface area (Å²) >= 11 is 0. The van der Waals surface area contributed by atoms with Crippen molar-refractivity contribution >= 4 is 0 Å². The van der Waals surface area contributed by atoms with Crippen LogP contribution in [0.1, 0.15) is 39.0 Å². The molecule has 1 unspecified atom stereocenters. The van der Waals surface area contributed by atoms with Crippen LogP contribution in [0.5, 0.6) is 0 Å². The van der Waals surface area contributed by atoms with Gasteiger partial charge in [-0.1, -0.05) is 19.8 Å². The Labute approximate surface area is 64.2 Å². The summed E-state index contributed by atoms with van der Waals surface area (Å²) in [4.78, 5) is 0. The van der Waals surface area contributed by atoms with Gasteiger partial charge >= 0.3 is 0 Å². The molecule has 0 aromatic carbocycles. The lowest BCUT2D eigenvalue weighted by atomic mass is 9.96. The minimum atomic E-state index is 0.997. The van der Waals surface area contributed by atoms with Gasteiger partial charge in [-0.05, 0) is 25.2 Å². The molecule has 1 fully saturated rings. The van der Waals surface area contributed by atoms with Crippen LogP contribution in [0.25, 0.3) is 0 Å².